The molecule has 0 aromatic heterocycles. The Morgan fingerprint density at radius 1 is 1.67 bits per heavy atom. The van der Waals surface area contributed by atoms with Gasteiger partial charge in [0.1, 0.15) is 0 Å². The van der Waals surface area contributed by atoms with E-state index in [0.717, 1.165) is 25.9 Å². The molecule has 67 valence electrons. The Balaban J connectivity index is 2.34. The van der Waals surface area contributed by atoms with Crippen LogP contribution in [0.1, 0.15) is 12.8 Å². The van der Waals surface area contributed by atoms with Gasteiger partial charge in [-0.2, -0.15) is 0 Å². The van der Waals surface area contributed by atoms with Gasteiger partial charge in [-0.3, -0.25) is 4.79 Å². The van der Waals surface area contributed by atoms with Crippen molar-refractivity contribution in [1.29, 1.82) is 0 Å². The van der Waals surface area contributed by atoms with Crippen LogP contribution in [0.5, 0.6) is 0 Å². The van der Waals surface area contributed by atoms with Crippen LogP contribution in [0.25, 0.3) is 0 Å². The van der Waals surface area contributed by atoms with Gasteiger partial charge in [0.2, 0.25) is 5.91 Å². The molecule has 1 saturated heterocycles. The molecule has 1 radical (unpaired) electrons. The van der Waals surface area contributed by atoms with Gasteiger partial charge in [0.15, 0.2) is 0 Å². The molecule has 3 nitrogen and oxygen atoms in total. The minimum Gasteiger partial charge on any atom is -0.392 e. The highest BCUT2D eigenvalue weighted by atomic mass is 16.2. The quantitative estimate of drug-likeness (QED) is 0.605. The first-order valence-corrected chi connectivity index (χ1v) is 4.22. The van der Waals surface area contributed by atoms with E-state index < -0.39 is 0 Å². The van der Waals surface area contributed by atoms with Crippen molar-refractivity contribution < 1.29 is 9.90 Å². The number of aliphatic hydroxyl groups excluding tert-OH is 1. The lowest BCUT2D eigenvalue weighted by Gasteiger charge is -2.25. The third-order valence-electron chi connectivity index (χ3n) is 1.86. The van der Waals surface area contributed by atoms with Gasteiger partial charge in [0.25, 0.3) is 0 Å². The van der Waals surface area contributed by atoms with Gasteiger partial charge in [0, 0.05) is 19.2 Å². The largest absolute Gasteiger partial charge is 0.392 e. The van der Waals surface area contributed by atoms with Gasteiger partial charge in [-0.15, -0.1) is 0 Å². The van der Waals surface area contributed by atoms with Gasteiger partial charge in [-0.05, 0) is 19.3 Å². The molecule has 1 rings (SSSR count). The maximum Gasteiger partial charge on any atom is 0.246 e. The maximum atomic E-state index is 11.3. The SMILES string of the molecule is O=C(C=CCO)N1C[CH]CCC1. The van der Waals surface area contributed by atoms with Gasteiger partial charge in [-0.1, -0.05) is 6.08 Å². The van der Waals surface area contributed by atoms with Crippen LogP contribution in [0, 0.1) is 6.42 Å². The fourth-order valence-electron chi connectivity index (χ4n) is 1.22. The van der Waals surface area contributed by atoms with E-state index in [1.165, 1.54) is 12.2 Å². The zero-order valence-corrected chi connectivity index (χ0v) is 7.07. The van der Waals surface area contributed by atoms with Crippen molar-refractivity contribution >= 4 is 5.91 Å². The smallest absolute Gasteiger partial charge is 0.246 e. The van der Waals surface area contributed by atoms with E-state index in [-0.39, 0.29) is 12.5 Å². The standard InChI is InChI=1S/C9H14NO2/c11-8-4-5-9(12)10-6-2-1-3-7-10/h2,4-5,11H,1,3,6-8H2. The molecule has 0 bridgehead atoms. The van der Waals surface area contributed by atoms with E-state index in [2.05, 4.69) is 6.42 Å². The molecule has 1 amide bonds. The molecule has 0 unspecified atom stereocenters. The molecule has 0 aromatic carbocycles. The van der Waals surface area contributed by atoms with Gasteiger partial charge in [-0.25, -0.2) is 0 Å². The predicted octanol–water partition coefficient (Wildman–Crippen LogP) is 0.362. The van der Waals surface area contributed by atoms with Crippen LogP contribution in [0.3, 0.4) is 0 Å². The lowest BCUT2D eigenvalue weighted by molar-refractivity contribution is -0.126. The second-order valence-corrected chi connectivity index (χ2v) is 2.80. The second-order valence-electron chi connectivity index (χ2n) is 2.80. The number of piperidine rings is 1. The van der Waals surface area contributed by atoms with Crippen molar-refractivity contribution in [2.45, 2.75) is 12.8 Å². The Labute approximate surface area is 72.7 Å². The molecule has 12 heavy (non-hydrogen) atoms. The summed E-state index contributed by atoms with van der Waals surface area (Å²) >= 11 is 0. The third kappa shape index (κ3) is 2.66. The molecule has 1 N–H and O–H groups in total. The van der Waals surface area contributed by atoms with Crippen LogP contribution >= 0.6 is 0 Å². The molecule has 1 fully saturated rings. The summed E-state index contributed by atoms with van der Waals surface area (Å²) in [6.07, 6.45) is 7.16. The normalized spacial score (nSPS) is 18.6. The zero-order valence-electron chi connectivity index (χ0n) is 7.07. The minimum absolute atomic E-state index is 0.000000000000000666. The highest BCUT2D eigenvalue weighted by Crippen LogP contribution is 2.07. The first-order chi connectivity index (χ1) is 5.84. The number of carbonyl (C=O) groups is 1. The number of nitrogens with zero attached hydrogens (tertiary/aromatic N) is 1. The van der Waals surface area contributed by atoms with Crippen molar-refractivity contribution in [2.75, 3.05) is 19.7 Å². The van der Waals surface area contributed by atoms with Crippen LogP contribution in [-0.2, 0) is 4.79 Å². The molecule has 3 heteroatoms. The van der Waals surface area contributed by atoms with E-state index in [9.17, 15) is 4.79 Å². The summed E-state index contributed by atoms with van der Waals surface area (Å²) in [4.78, 5) is 13.0. The van der Waals surface area contributed by atoms with Crippen LogP contribution in [-0.4, -0.2) is 35.6 Å². The summed E-state index contributed by atoms with van der Waals surface area (Å²) in [5.41, 5.74) is 0. The molecule has 0 spiro atoms. The fraction of sp³-hybridized carbons (Fsp3) is 0.556. The summed E-state index contributed by atoms with van der Waals surface area (Å²) < 4.78 is 0. The van der Waals surface area contributed by atoms with Crippen molar-refractivity contribution in [3.63, 3.8) is 0 Å². The number of hydrogen-bond donors (Lipinski definition) is 1. The Morgan fingerprint density at radius 3 is 3.08 bits per heavy atom. The van der Waals surface area contributed by atoms with Crippen LogP contribution in [0.15, 0.2) is 12.2 Å². The van der Waals surface area contributed by atoms with E-state index >= 15 is 0 Å². The fourth-order valence-corrected chi connectivity index (χ4v) is 1.22. The van der Waals surface area contributed by atoms with E-state index in [4.69, 9.17) is 5.11 Å². The minimum atomic E-state index is -0.0662. The number of likely N-dealkylation sites (tertiary alicyclic amines) is 1. The van der Waals surface area contributed by atoms with Gasteiger partial charge in [0.05, 0.1) is 6.61 Å². The molecule has 1 aliphatic rings. The highest BCUT2D eigenvalue weighted by molar-refractivity contribution is 5.87. The van der Waals surface area contributed by atoms with Gasteiger partial charge >= 0.3 is 0 Å². The predicted molar refractivity (Wildman–Crippen MR) is 46.3 cm³/mol. The molecular formula is C9H14NO2. The van der Waals surface area contributed by atoms with Crippen LogP contribution < -0.4 is 0 Å². The van der Waals surface area contributed by atoms with Crippen molar-refractivity contribution in [2.24, 2.45) is 0 Å². The topological polar surface area (TPSA) is 40.5 Å². The van der Waals surface area contributed by atoms with Gasteiger partial charge < -0.3 is 10.0 Å². The maximum absolute atomic E-state index is 11.3. The molecule has 0 aliphatic carbocycles. The number of aliphatic hydroxyl groups is 1. The van der Waals surface area contributed by atoms with E-state index in [1.807, 2.05) is 0 Å². The van der Waals surface area contributed by atoms with Crippen molar-refractivity contribution in [1.82, 2.24) is 4.90 Å². The third-order valence-corrected chi connectivity index (χ3v) is 1.86. The Kier molecular flexibility index (Phi) is 3.80. The number of amides is 1. The first-order valence-electron chi connectivity index (χ1n) is 4.22. The summed E-state index contributed by atoms with van der Waals surface area (Å²) in [6.45, 7) is 1.52. The number of rotatable bonds is 2. The number of hydrogen-bond acceptors (Lipinski definition) is 2. The molecule has 0 saturated carbocycles. The molecule has 0 aromatic rings. The average Bonchev–Trinajstić information content (AvgIpc) is 2.15. The average molecular weight is 168 g/mol. The Hall–Kier alpha value is -0.830. The molecule has 1 aliphatic heterocycles. The summed E-state index contributed by atoms with van der Waals surface area (Å²) in [7, 11) is 0. The van der Waals surface area contributed by atoms with Crippen LogP contribution in [0.2, 0.25) is 0 Å². The lowest BCUT2D eigenvalue weighted by Crippen LogP contribution is -2.34. The molecule has 0 atom stereocenters. The summed E-state index contributed by atoms with van der Waals surface area (Å²) in [5, 5.41) is 8.45. The molecule has 1 heterocycles. The van der Waals surface area contributed by atoms with E-state index in [1.54, 1.807) is 4.90 Å². The second kappa shape index (κ2) is 4.93. The Bertz CT molecular complexity index is 171. The van der Waals surface area contributed by atoms with Crippen molar-refractivity contribution in [3.8, 4) is 0 Å². The summed E-state index contributed by atoms with van der Waals surface area (Å²) in [5.74, 6) is 0.000000000000000666. The Morgan fingerprint density at radius 2 is 2.50 bits per heavy atom. The van der Waals surface area contributed by atoms with Crippen molar-refractivity contribution in [3.05, 3.63) is 18.6 Å². The molecular weight excluding hydrogens is 154 g/mol. The number of carbonyl (C=O) groups excluding carboxylic acids is 1. The zero-order chi connectivity index (χ0) is 8.81. The monoisotopic (exact) mass is 168 g/mol. The lowest BCUT2D eigenvalue weighted by atomic mass is 10.1. The summed E-state index contributed by atoms with van der Waals surface area (Å²) in [6, 6.07) is 0. The van der Waals surface area contributed by atoms with Crippen LogP contribution in [0.4, 0.5) is 0 Å². The highest BCUT2D eigenvalue weighted by Gasteiger charge is 2.13. The van der Waals surface area contributed by atoms with E-state index in [0.29, 0.717) is 0 Å². The first kappa shape index (κ1) is 9.26.